The highest BCUT2D eigenvalue weighted by atomic mass is 35.5. The third-order valence-electron chi connectivity index (χ3n) is 2.62. The lowest BCUT2D eigenvalue weighted by Gasteiger charge is -2.07. The van der Waals surface area contributed by atoms with Crippen LogP contribution in [0.1, 0.15) is 15.9 Å². The number of carbonyl (C=O) groups is 1. The lowest BCUT2D eigenvalue weighted by molar-refractivity contribution is 0.0992. The molecule has 98 valence electrons. The molecule has 0 atom stereocenters. The van der Waals surface area contributed by atoms with Crippen molar-refractivity contribution in [2.24, 2.45) is 0 Å². The van der Waals surface area contributed by atoms with E-state index < -0.39 is 5.82 Å². The maximum absolute atomic E-state index is 13.7. The van der Waals surface area contributed by atoms with E-state index in [2.05, 4.69) is 0 Å². The van der Waals surface area contributed by atoms with Crippen LogP contribution < -0.4 is 0 Å². The largest absolute Gasteiger partial charge is 0.294 e. The molecule has 0 N–H and O–H groups in total. The van der Waals surface area contributed by atoms with Gasteiger partial charge in [0.1, 0.15) is 5.82 Å². The van der Waals surface area contributed by atoms with E-state index in [1.807, 2.05) is 0 Å². The van der Waals surface area contributed by atoms with E-state index in [4.69, 9.17) is 34.8 Å². The van der Waals surface area contributed by atoms with Crippen LogP contribution >= 0.6 is 34.8 Å². The van der Waals surface area contributed by atoms with Gasteiger partial charge >= 0.3 is 0 Å². The molecule has 0 aliphatic heterocycles. The molecule has 0 aromatic heterocycles. The fraction of sp³-hybridized carbons (Fsp3) is 0.0714. The van der Waals surface area contributed by atoms with E-state index >= 15 is 0 Å². The Morgan fingerprint density at radius 3 is 2.11 bits per heavy atom. The fourth-order valence-electron chi connectivity index (χ4n) is 1.71. The molecule has 0 amide bonds. The van der Waals surface area contributed by atoms with Crippen LogP contribution in [0.25, 0.3) is 0 Å². The minimum atomic E-state index is -0.597. The Kier molecular flexibility index (Phi) is 4.46. The second-order valence-electron chi connectivity index (χ2n) is 3.91. The molecule has 0 aliphatic rings. The molecule has 0 saturated heterocycles. The summed E-state index contributed by atoms with van der Waals surface area (Å²) < 4.78 is 13.7. The van der Waals surface area contributed by atoms with Crippen LogP contribution in [0.5, 0.6) is 0 Å². The van der Waals surface area contributed by atoms with Gasteiger partial charge in [0.2, 0.25) is 0 Å². The molecule has 0 heterocycles. The second kappa shape index (κ2) is 5.91. The Morgan fingerprint density at radius 1 is 0.947 bits per heavy atom. The van der Waals surface area contributed by atoms with Gasteiger partial charge in [-0.2, -0.15) is 0 Å². The zero-order chi connectivity index (χ0) is 14.0. The Bertz CT molecular complexity index is 620. The summed E-state index contributed by atoms with van der Waals surface area (Å²) in [5.74, 6) is -0.947. The number of benzene rings is 2. The van der Waals surface area contributed by atoms with Gasteiger partial charge in [0.25, 0.3) is 0 Å². The number of hydrogen-bond donors (Lipinski definition) is 0. The molecular weight excluding hydrogens is 310 g/mol. The van der Waals surface area contributed by atoms with Crippen LogP contribution in [0.3, 0.4) is 0 Å². The molecule has 2 aromatic rings. The van der Waals surface area contributed by atoms with Crippen LogP contribution in [0.15, 0.2) is 36.4 Å². The van der Waals surface area contributed by atoms with Gasteiger partial charge in [0, 0.05) is 6.42 Å². The van der Waals surface area contributed by atoms with Crippen molar-refractivity contribution in [1.29, 1.82) is 0 Å². The van der Waals surface area contributed by atoms with Crippen LogP contribution in [0.2, 0.25) is 15.1 Å². The third kappa shape index (κ3) is 3.08. The van der Waals surface area contributed by atoms with Crippen molar-refractivity contribution >= 4 is 40.6 Å². The standard InChI is InChI=1S/C14H8Cl3FO/c15-9-4-2-5-10(16)13(9)12(19)7-8-3-1-6-11(17)14(8)18/h1-6H,7H2. The number of rotatable bonds is 3. The Balaban J connectivity index is 2.34. The summed E-state index contributed by atoms with van der Waals surface area (Å²) in [6, 6.07) is 9.28. The average molecular weight is 318 g/mol. The molecule has 0 spiro atoms. The molecule has 0 fully saturated rings. The van der Waals surface area contributed by atoms with Crippen LogP contribution in [-0.2, 0) is 6.42 Å². The van der Waals surface area contributed by atoms with Crippen molar-refractivity contribution in [3.05, 3.63) is 68.4 Å². The highest BCUT2D eigenvalue weighted by Crippen LogP contribution is 2.27. The van der Waals surface area contributed by atoms with Crippen molar-refractivity contribution in [3.8, 4) is 0 Å². The van der Waals surface area contributed by atoms with Gasteiger partial charge in [-0.1, -0.05) is 53.0 Å². The summed E-state index contributed by atoms with van der Waals surface area (Å²) in [6.45, 7) is 0. The summed E-state index contributed by atoms with van der Waals surface area (Å²) in [5.41, 5.74) is 0.415. The number of ketones is 1. The smallest absolute Gasteiger partial charge is 0.170 e. The van der Waals surface area contributed by atoms with Crippen LogP contribution in [-0.4, -0.2) is 5.78 Å². The van der Waals surface area contributed by atoms with E-state index in [1.54, 1.807) is 24.3 Å². The number of Topliss-reactive ketones (excluding diaryl/α,β-unsaturated/α-hetero) is 1. The quantitative estimate of drug-likeness (QED) is 0.710. The lowest BCUT2D eigenvalue weighted by Crippen LogP contribution is -2.07. The van der Waals surface area contributed by atoms with Gasteiger partial charge in [-0.05, 0) is 23.8 Å². The predicted molar refractivity (Wildman–Crippen MR) is 75.9 cm³/mol. The van der Waals surface area contributed by atoms with Crippen molar-refractivity contribution in [2.75, 3.05) is 0 Å². The highest BCUT2D eigenvalue weighted by molar-refractivity contribution is 6.39. The maximum Gasteiger partial charge on any atom is 0.170 e. The van der Waals surface area contributed by atoms with Crippen LogP contribution in [0, 0.1) is 5.82 Å². The molecule has 1 nitrogen and oxygen atoms in total. The molecule has 2 aromatic carbocycles. The van der Waals surface area contributed by atoms with Crippen LogP contribution in [0.4, 0.5) is 4.39 Å². The number of halogens is 4. The van der Waals surface area contributed by atoms with Crippen molar-refractivity contribution in [3.63, 3.8) is 0 Å². The molecular formula is C14H8Cl3FO. The molecule has 19 heavy (non-hydrogen) atoms. The lowest BCUT2D eigenvalue weighted by atomic mass is 10.0. The summed E-state index contributed by atoms with van der Waals surface area (Å²) in [4.78, 5) is 12.1. The van der Waals surface area contributed by atoms with Gasteiger partial charge in [-0.25, -0.2) is 4.39 Å². The summed E-state index contributed by atoms with van der Waals surface area (Å²) in [5, 5.41) is 0.482. The van der Waals surface area contributed by atoms with E-state index in [1.165, 1.54) is 12.1 Å². The average Bonchev–Trinajstić information content (AvgIpc) is 2.35. The second-order valence-corrected chi connectivity index (χ2v) is 5.13. The monoisotopic (exact) mass is 316 g/mol. The maximum atomic E-state index is 13.7. The van der Waals surface area contributed by atoms with E-state index in [-0.39, 0.29) is 38.4 Å². The zero-order valence-electron chi connectivity index (χ0n) is 9.59. The normalized spacial score (nSPS) is 10.5. The Labute approximate surface area is 124 Å². The topological polar surface area (TPSA) is 17.1 Å². The van der Waals surface area contributed by atoms with E-state index in [0.717, 1.165) is 0 Å². The number of carbonyl (C=O) groups excluding carboxylic acids is 1. The fourth-order valence-corrected chi connectivity index (χ4v) is 2.51. The predicted octanol–water partition coefficient (Wildman–Crippen LogP) is 5.21. The zero-order valence-corrected chi connectivity index (χ0v) is 11.9. The van der Waals surface area contributed by atoms with Gasteiger partial charge in [-0.3, -0.25) is 4.79 Å². The van der Waals surface area contributed by atoms with E-state index in [9.17, 15) is 9.18 Å². The first kappa shape index (κ1) is 14.3. The molecule has 0 bridgehead atoms. The first-order valence-electron chi connectivity index (χ1n) is 5.41. The highest BCUT2D eigenvalue weighted by Gasteiger charge is 2.17. The van der Waals surface area contributed by atoms with Crippen molar-refractivity contribution in [2.45, 2.75) is 6.42 Å². The molecule has 0 aliphatic carbocycles. The summed E-state index contributed by atoms with van der Waals surface area (Å²) in [7, 11) is 0. The van der Waals surface area contributed by atoms with Gasteiger partial charge in [0.05, 0.1) is 20.6 Å². The van der Waals surface area contributed by atoms with Gasteiger partial charge in [-0.15, -0.1) is 0 Å². The van der Waals surface area contributed by atoms with E-state index in [0.29, 0.717) is 0 Å². The Hall–Kier alpha value is -1.09. The molecule has 0 unspecified atom stereocenters. The molecule has 0 saturated carbocycles. The minimum absolute atomic E-state index is 0.0180. The van der Waals surface area contributed by atoms with Crippen molar-refractivity contribution in [1.82, 2.24) is 0 Å². The van der Waals surface area contributed by atoms with Crippen molar-refractivity contribution < 1.29 is 9.18 Å². The summed E-state index contributed by atoms with van der Waals surface area (Å²) in [6.07, 6.45) is -0.143. The first-order valence-corrected chi connectivity index (χ1v) is 6.54. The Morgan fingerprint density at radius 2 is 1.47 bits per heavy atom. The minimum Gasteiger partial charge on any atom is -0.294 e. The van der Waals surface area contributed by atoms with Gasteiger partial charge in [0.15, 0.2) is 5.78 Å². The first-order chi connectivity index (χ1) is 9.00. The third-order valence-corrected chi connectivity index (χ3v) is 3.55. The molecule has 2 rings (SSSR count). The van der Waals surface area contributed by atoms with Gasteiger partial charge < -0.3 is 0 Å². The number of hydrogen-bond acceptors (Lipinski definition) is 1. The molecule has 5 heteroatoms. The summed E-state index contributed by atoms with van der Waals surface area (Å²) >= 11 is 17.5. The SMILES string of the molecule is O=C(Cc1cccc(Cl)c1F)c1c(Cl)cccc1Cl. The molecule has 0 radical (unpaired) electrons.